The van der Waals surface area contributed by atoms with Crippen molar-refractivity contribution in [1.29, 1.82) is 0 Å². The van der Waals surface area contributed by atoms with Crippen LogP contribution in [0.3, 0.4) is 0 Å². The van der Waals surface area contributed by atoms with Gasteiger partial charge in [-0.1, -0.05) is 6.92 Å². The molecule has 0 radical (unpaired) electrons. The van der Waals surface area contributed by atoms with Crippen molar-refractivity contribution >= 4 is 24.2 Å². The van der Waals surface area contributed by atoms with Gasteiger partial charge in [-0.15, -0.1) is 12.4 Å². The second-order valence-corrected chi connectivity index (χ2v) is 4.48. The van der Waals surface area contributed by atoms with E-state index in [1.54, 1.807) is 11.9 Å². The lowest BCUT2D eigenvalue weighted by Gasteiger charge is -2.30. The van der Waals surface area contributed by atoms with E-state index in [0.29, 0.717) is 19.5 Å². The van der Waals surface area contributed by atoms with Gasteiger partial charge in [0.25, 0.3) is 0 Å². The van der Waals surface area contributed by atoms with Crippen molar-refractivity contribution in [1.82, 2.24) is 15.5 Å². The van der Waals surface area contributed by atoms with Crippen molar-refractivity contribution in [2.45, 2.75) is 25.8 Å². The molecule has 0 spiro atoms. The van der Waals surface area contributed by atoms with Crippen LogP contribution >= 0.6 is 12.4 Å². The summed E-state index contributed by atoms with van der Waals surface area (Å²) in [5.74, 6) is 0.184. The van der Waals surface area contributed by atoms with Crippen LogP contribution in [0.1, 0.15) is 19.8 Å². The van der Waals surface area contributed by atoms with Gasteiger partial charge in [0.15, 0.2) is 0 Å². The Labute approximate surface area is 109 Å². The van der Waals surface area contributed by atoms with Gasteiger partial charge >= 0.3 is 0 Å². The Hall–Kier alpha value is -0.810. The third kappa shape index (κ3) is 4.91. The topological polar surface area (TPSA) is 61.4 Å². The molecule has 0 aliphatic carbocycles. The van der Waals surface area contributed by atoms with Crippen LogP contribution in [0.2, 0.25) is 0 Å². The predicted octanol–water partition coefficient (Wildman–Crippen LogP) is 0.000700. The van der Waals surface area contributed by atoms with Gasteiger partial charge in [-0.3, -0.25) is 9.59 Å². The van der Waals surface area contributed by atoms with E-state index >= 15 is 0 Å². The highest BCUT2D eigenvalue weighted by molar-refractivity contribution is 5.85. The summed E-state index contributed by atoms with van der Waals surface area (Å²) in [6.07, 6.45) is 1.28. The molecule has 17 heavy (non-hydrogen) atoms. The molecule has 0 aromatic carbocycles. The lowest BCUT2D eigenvalue weighted by atomic mass is 10.0. The second-order valence-electron chi connectivity index (χ2n) is 4.48. The highest BCUT2D eigenvalue weighted by Crippen LogP contribution is 2.10. The van der Waals surface area contributed by atoms with Crippen LogP contribution in [-0.2, 0) is 9.59 Å². The lowest BCUT2D eigenvalue weighted by molar-refractivity contribution is -0.134. The summed E-state index contributed by atoms with van der Waals surface area (Å²) in [6, 6.07) is 0.106. The summed E-state index contributed by atoms with van der Waals surface area (Å²) in [7, 11) is 3.61. The number of rotatable bonds is 4. The molecule has 100 valence electrons. The van der Waals surface area contributed by atoms with Crippen molar-refractivity contribution in [3.05, 3.63) is 0 Å². The first-order chi connectivity index (χ1) is 7.54. The zero-order valence-electron chi connectivity index (χ0n) is 10.7. The van der Waals surface area contributed by atoms with E-state index in [9.17, 15) is 9.59 Å². The summed E-state index contributed by atoms with van der Waals surface area (Å²) in [4.78, 5) is 24.7. The van der Waals surface area contributed by atoms with Gasteiger partial charge in [0.2, 0.25) is 11.8 Å². The fraction of sp³-hybridized carbons (Fsp3) is 0.818. The lowest BCUT2D eigenvalue weighted by Crippen LogP contribution is -2.50. The maximum Gasteiger partial charge on any atom is 0.224 e. The fourth-order valence-electron chi connectivity index (χ4n) is 1.87. The molecule has 2 N–H and O–H groups in total. The van der Waals surface area contributed by atoms with Crippen LogP contribution in [-0.4, -0.2) is 49.9 Å². The van der Waals surface area contributed by atoms with Crippen LogP contribution in [0.25, 0.3) is 0 Å². The first-order valence-corrected chi connectivity index (χ1v) is 5.73. The van der Waals surface area contributed by atoms with Crippen LogP contribution in [0.5, 0.6) is 0 Å². The number of hydrogen-bond donors (Lipinski definition) is 2. The molecule has 1 fully saturated rings. The van der Waals surface area contributed by atoms with Gasteiger partial charge in [-0.05, 0) is 13.5 Å². The number of likely N-dealkylation sites (N-methyl/N-ethyl adjacent to an activating group) is 1. The number of piperidine rings is 1. The minimum absolute atomic E-state index is 0. The van der Waals surface area contributed by atoms with Crippen LogP contribution in [0, 0.1) is 5.92 Å². The molecule has 1 saturated heterocycles. The average molecular weight is 264 g/mol. The zero-order valence-corrected chi connectivity index (χ0v) is 11.5. The quantitative estimate of drug-likeness (QED) is 0.751. The number of halogens is 1. The first kappa shape index (κ1) is 16.2. The zero-order chi connectivity index (χ0) is 12.1. The van der Waals surface area contributed by atoms with Crippen molar-refractivity contribution in [3.8, 4) is 0 Å². The van der Waals surface area contributed by atoms with Crippen molar-refractivity contribution in [3.63, 3.8) is 0 Å². The third-order valence-corrected chi connectivity index (χ3v) is 2.93. The Morgan fingerprint density at radius 3 is 2.76 bits per heavy atom. The molecule has 2 unspecified atom stereocenters. The van der Waals surface area contributed by atoms with E-state index in [1.165, 1.54) is 0 Å². The molecule has 0 aromatic rings. The molecule has 2 atom stereocenters. The van der Waals surface area contributed by atoms with Crippen LogP contribution in [0.4, 0.5) is 0 Å². The molecular weight excluding hydrogens is 242 g/mol. The number of nitrogens with one attached hydrogen (secondary N) is 2. The molecule has 1 aliphatic rings. The molecule has 1 heterocycles. The van der Waals surface area contributed by atoms with Crippen LogP contribution < -0.4 is 10.6 Å². The van der Waals surface area contributed by atoms with E-state index < -0.39 is 0 Å². The van der Waals surface area contributed by atoms with Crippen molar-refractivity contribution < 1.29 is 9.59 Å². The monoisotopic (exact) mass is 263 g/mol. The smallest absolute Gasteiger partial charge is 0.224 e. The highest BCUT2D eigenvalue weighted by Gasteiger charge is 2.25. The standard InChI is InChI=1S/C11H21N3O2.ClH/c1-8(6-12-2)11(16)13-9-4-5-10(15)14(3)7-9;/h8-9,12H,4-7H2,1-3H3,(H,13,16);1H. The molecule has 2 amide bonds. The van der Waals surface area contributed by atoms with Gasteiger partial charge in [-0.2, -0.15) is 0 Å². The third-order valence-electron chi connectivity index (χ3n) is 2.93. The maximum atomic E-state index is 11.7. The van der Waals surface area contributed by atoms with E-state index in [1.807, 2.05) is 14.0 Å². The minimum Gasteiger partial charge on any atom is -0.351 e. The van der Waals surface area contributed by atoms with Crippen LogP contribution in [0.15, 0.2) is 0 Å². The minimum atomic E-state index is -0.0343. The van der Waals surface area contributed by atoms with Gasteiger partial charge in [0.05, 0.1) is 0 Å². The van der Waals surface area contributed by atoms with Gasteiger partial charge in [-0.25, -0.2) is 0 Å². The van der Waals surface area contributed by atoms with E-state index in [2.05, 4.69) is 10.6 Å². The number of likely N-dealkylation sites (tertiary alicyclic amines) is 1. The normalized spacial score (nSPS) is 21.7. The first-order valence-electron chi connectivity index (χ1n) is 5.73. The summed E-state index contributed by atoms with van der Waals surface area (Å²) in [5.41, 5.74) is 0. The second kappa shape index (κ2) is 7.50. The number of amides is 2. The Kier molecular flexibility index (Phi) is 7.15. The molecular formula is C11H22ClN3O2. The van der Waals surface area contributed by atoms with E-state index in [-0.39, 0.29) is 36.2 Å². The number of carbonyl (C=O) groups is 2. The number of hydrogen-bond acceptors (Lipinski definition) is 3. The average Bonchev–Trinajstić information content (AvgIpc) is 2.24. The molecule has 5 nitrogen and oxygen atoms in total. The molecule has 6 heteroatoms. The molecule has 0 aromatic heterocycles. The number of carbonyl (C=O) groups excluding carboxylic acids is 2. The van der Waals surface area contributed by atoms with Gasteiger partial charge in [0.1, 0.15) is 0 Å². The molecule has 0 bridgehead atoms. The van der Waals surface area contributed by atoms with E-state index in [4.69, 9.17) is 0 Å². The molecule has 0 saturated carbocycles. The SMILES string of the molecule is CNCC(C)C(=O)NC1CCC(=O)N(C)C1.Cl. The molecule has 1 rings (SSSR count). The largest absolute Gasteiger partial charge is 0.351 e. The predicted molar refractivity (Wildman–Crippen MR) is 69.1 cm³/mol. The van der Waals surface area contributed by atoms with E-state index in [0.717, 1.165) is 6.42 Å². The summed E-state index contributed by atoms with van der Waals surface area (Å²) in [6.45, 7) is 3.19. The summed E-state index contributed by atoms with van der Waals surface area (Å²) >= 11 is 0. The Morgan fingerprint density at radius 2 is 2.24 bits per heavy atom. The van der Waals surface area contributed by atoms with Gasteiger partial charge < -0.3 is 15.5 Å². The summed E-state index contributed by atoms with van der Waals surface area (Å²) < 4.78 is 0. The highest BCUT2D eigenvalue weighted by atomic mass is 35.5. The summed E-state index contributed by atoms with van der Waals surface area (Å²) in [5, 5.41) is 5.96. The Morgan fingerprint density at radius 1 is 1.59 bits per heavy atom. The van der Waals surface area contributed by atoms with Gasteiger partial charge in [0, 0.05) is 38.5 Å². The Balaban J connectivity index is 0.00000256. The molecule has 1 aliphatic heterocycles. The number of nitrogens with zero attached hydrogens (tertiary/aromatic N) is 1. The Bertz CT molecular complexity index is 273. The van der Waals surface area contributed by atoms with Crippen molar-refractivity contribution in [2.75, 3.05) is 27.2 Å². The fourth-order valence-corrected chi connectivity index (χ4v) is 1.87. The maximum absolute atomic E-state index is 11.7. The van der Waals surface area contributed by atoms with Crippen molar-refractivity contribution in [2.24, 2.45) is 5.92 Å².